The quantitative estimate of drug-likeness (QED) is 0.931. The molecule has 1 fully saturated rings. The summed E-state index contributed by atoms with van der Waals surface area (Å²) >= 11 is 1.81. The van der Waals surface area contributed by atoms with Gasteiger partial charge in [-0.2, -0.15) is 0 Å². The maximum absolute atomic E-state index is 12.1. The molecule has 1 aliphatic heterocycles. The summed E-state index contributed by atoms with van der Waals surface area (Å²) < 4.78 is 0. The highest BCUT2D eigenvalue weighted by molar-refractivity contribution is 7.10. The average Bonchev–Trinajstić information content (AvgIpc) is 2.97. The third-order valence-corrected chi connectivity index (χ3v) is 4.92. The summed E-state index contributed by atoms with van der Waals surface area (Å²) in [6, 6.07) is 4.82. The van der Waals surface area contributed by atoms with E-state index in [0.717, 1.165) is 32.7 Å². The van der Waals surface area contributed by atoms with Crippen LogP contribution in [0, 0.1) is 5.41 Å². The lowest BCUT2D eigenvalue weighted by Crippen LogP contribution is -2.52. The van der Waals surface area contributed by atoms with E-state index in [-0.39, 0.29) is 11.4 Å². The lowest BCUT2D eigenvalue weighted by Gasteiger charge is -2.38. The largest absolute Gasteiger partial charge is 0.337 e. The predicted molar refractivity (Wildman–Crippen MR) is 88.7 cm³/mol. The van der Waals surface area contributed by atoms with Crippen LogP contribution in [0.5, 0.6) is 0 Å². The van der Waals surface area contributed by atoms with Crippen molar-refractivity contribution >= 4 is 17.4 Å². The number of piperazine rings is 1. The second kappa shape index (κ2) is 6.79. The summed E-state index contributed by atoms with van der Waals surface area (Å²) in [5.74, 6) is 0. The molecule has 118 valence electrons. The van der Waals surface area contributed by atoms with Gasteiger partial charge in [-0.15, -0.1) is 11.3 Å². The summed E-state index contributed by atoms with van der Waals surface area (Å²) in [6.45, 7) is 12.9. The van der Waals surface area contributed by atoms with Crippen LogP contribution in [0.3, 0.4) is 0 Å². The van der Waals surface area contributed by atoms with Crippen molar-refractivity contribution in [3.8, 4) is 0 Å². The highest BCUT2D eigenvalue weighted by Gasteiger charge is 2.25. The second-order valence-corrected chi connectivity index (χ2v) is 7.91. The molecule has 1 aromatic rings. The fraction of sp³-hybridized carbons (Fsp3) is 0.688. The van der Waals surface area contributed by atoms with E-state index in [1.54, 1.807) is 0 Å². The molecule has 1 N–H and O–H groups in total. The SMILES string of the molecule is CC(c1cccs1)N1CCN(C(=O)NCC(C)(C)C)CC1. The third-order valence-electron chi connectivity index (χ3n) is 3.87. The molecule has 2 rings (SSSR count). The number of nitrogens with one attached hydrogen (secondary N) is 1. The van der Waals surface area contributed by atoms with Gasteiger partial charge in [-0.3, -0.25) is 4.90 Å². The molecule has 0 radical (unpaired) electrons. The number of carbonyl (C=O) groups excluding carboxylic acids is 1. The fourth-order valence-electron chi connectivity index (χ4n) is 2.47. The van der Waals surface area contributed by atoms with Gasteiger partial charge in [0, 0.05) is 43.6 Å². The minimum absolute atomic E-state index is 0.0772. The summed E-state index contributed by atoms with van der Waals surface area (Å²) in [6.07, 6.45) is 0. The van der Waals surface area contributed by atoms with Gasteiger partial charge < -0.3 is 10.2 Å². The molecule has 1 atom stereocenters. The van der Waals surface area contributed by atoms with Gasteiger partial charge in [-0.25, -0.2) is 4.79 Å². The van der Waals surface area contributed by atoms with Crippen molar-refractivity contribution in [3.63, 3.8) is 0 Å². The molecular weight excluding hydrogens is 282 g/mol. The van der Waals surface area contributed by atoms with E-state index in [9.17, 15) is 4.79 Å². The molecule has 0 spiro atoms. The van der Waals surface area contributed by atoms with Crippen LogP contribution < -0.4 is 5.32 Å². The van der Waals surface area contributed by atoms with Gasteiger partial charge in [0.05, 0.1) is 0 Å². The summed E-state index contributed by atoms with van der Waals surface area (Å²) in [7, 11) is 0. The Morgan fingerprint density at radius 2 is 2.00 bits per heavy atom. The van der Waals surface area contributed by atoms with Crippen molar-refractivity contribution in [2.45, 2.75) is 33.7 Å². The Bertz CT molecular complexity index is 445. The van der Waals surface area contributed by atoms with Crippen LogP contribution in [0.25, 0.3) is 0 Å². The Hall–Kier alpha value is -1.07. The van der Waals surface area contributed by atoms with E-state index < -0.39 is 0 Å². The number of hydrogen-bond acceptors (Lipinski definition) is 3. The number of amides is 2. The molecule has 1 saturated heterocycles. The maximum Gasteiger partial charge on any atom is 0.317 e. The topological polar surface area (TPSA) is 35.6 Å². The minimum atomic E-state index is 0.0772. The van der Waals surface area contributed by atoms with E-state index in [0.29, 0.717) is 6.04 Å². The Morgan fingerprint density at radius 1 is 1.33 bits per heavy atom. The molecular formula is C16H27N3OS. The van der Waals surface area contributed by atoms with E-state index >= 15 is 0 Å². The summed E-state index contributed by atoms with van der Waals surface area (Å²) in [4.78, 5) is 17.9. The molecule has 0 saturated carbocycles. The van der Waals surface area contributed by atoms with Crippen LogP contribution in [-0.2, 0) is 0 Å². The molecule has 4 nitrogen and oxygen atoms in total. The highest BCUT2D eigenvalue weighted by Crippen LogP contribution is 2.25. The van der Waals surface area contributed by atoms with Crippen molar-refractivity contribution in [2.24, 2.45) is 5.41 Å². The van der Waals surface area contributed by atoms with Crippen molar-refractivity contribution in [2.75, 3.05) is 32.7 Å². The molecule has 0 aromatic carbocycles. The van der Waals surface area contributed by atoms with E-state index in [1.165, 1.54) is 4.88 Å². The number of urea groups is 1. The van der Waals surface area contributed by atoms with Gasteiger partial charge in [0.2, 0.25) is 0 Å². The van der Waals surface area contributed by atoms with Crippen LogP contribution in [0.1, 0.15) is 38.6 Å². The molecule has 1 aliphatic rings. The number of nitrogens with zero attached hydrogens (tertiary/aromatic N) is 2. The van der Waals surface area contributed by atoms with Gasteiger partial charge in [0.15, 0.2) is 0 Å². The van der Waals surface area contributed by atoms with Gasteiger partial charge >= 0.3 is 6.03 Å². The predicted octanol–water partition coefficient (Wildman–Crippen LogP) is 3.18. The fourth-order valence-corrected chi connectivity index (χ4v) is 3.29. The molecule has 1 aromatic heterocycles. The zero-order chi connectivity index (χ0) is 15.5. The Kier molecular flexibility index (Phi) is 5.27. The molecule has 0 aliphatic carbocycles. The second-order valence-electron chi connectivity index (χ2n) is 6.93. The Morgan fingerprint density at radius 3 is 2.52 bits per heavy atom. The third kappa shape index (κ3) is 4.71. The first-order chi connectivity index (χ1) is 9.87. The zero-order valence-electron chi connectivity index (χ0n) is 13.6. The van der Waals surface area contributed by atoms with E-state index in [4.69, 9.17) is 0 Å². The molecule has 21 heavy (non-hydrogen) atoms. The smallest absolute Gasteiger partial charge is 0.317 e. The van der Waals surface area contributed by atoms with Crippen LogP contribution in [0.15, 0.2) is 17.5 Å². The van der Waals surface area contributed by atoms with Crippen molar-refractivity contribution in [1.29, 1.82) is 0 Å². The van der Waals surface area contributed by atoms with Crippen LogP contribution in [0.4, 0.5) is 4.79 Å². The molecule has 1 unspecified atom stereocenters. The van der Waals surface area contributed by atoms with Crippen LogP contribution in [-0.4, -0.2) is 48.6 Å². The normalized spacial score (nSPS) is 18.6. The number of rotatable bonds is 3. The van der Waals surface area contributed by atoms with E-state index in [1.807, 2.05) is 16.2 Å². The van der Waals surface area contributed by atoms with Crippen molar-refractivity contribution in [1.82, 2.24) is 15.1 Å². The number of thiophene rings is 1. The maximum atomic E-state index is 12.1. The van der Waals surface area contributed by atoms with Gasteiger partial charge in [-0.1, -0.05) is 26.8 Å². The monoisotopic (exact) mass is 309 g/mol. The van der Waals surface area contributed by atoms with Crippen LogP contribution >= 0.6 is 11.3 Å². The molecule has 2 amide bonds. The minimum Gasteiger partial charge on any atom is -0.337 e. The van der Waals surface area contributed by atoms with Gasteiger partial charge in [-0.05, 0) is 23.8 Å². The first kappa shape index (κ1) is 16.3. The lowest BCUT2D eigenvalue weighted by molar-refractivity contribution is 0.114. The number of carbonyl (C=O) groups is 1. The van der Waals surface area contributed by atoms with Crippen molar-refractivity contribution in [3.05, 3.63) is 22.4 Å². The van der Waals surface area contributed by atoms with E-state index in [2.05, 4.69) is 55.4 Å². The first-order valence-corrected chi connectivity index (χ1v) is 8.55. The van der Waals surface area contributed by atoms with Crippen molar-refractivity contribution < 1.29 is 4.79 Å². The lowest BCUT2D eigenvalue weighted by atomic mass is 9.97. The summed E-state index contributed by atoms with van der Waals surface area (Å²) in [5.41, 5.74) is 0.130. The molecule has 5 heteroatoms. The average molecular weight is 309 g/mol. The zero-order valence-corrected chi connectivity index (χ0v) is 14.4. The van der Waals surface area contributed by atoms with Crippen LogP contribution in [0.2, 0.25) is 0 Å². The van der Waals surface area contributed by atoms with Gasteiger partial charge in [0.1, 0.15) is 0 Å². The highest BCUT2D eigenvalue weighted by atomic mass is 32.1. The first-order valence-electron chi connectivity index (χ1n) is 7.67. The molecule has 2 heterocycles. The summed E-state index contributed by atoms with van der Waals surface area (Å²) in [5, 5.41) is 5.16. The standard InChI is InChI=1S/C16H27N3OS/c1-13(14-6-5-11-21-14)18-7-9-19(10-8-18)15(20)17-12-16(2,3)4/h5-6,11,13H,7-10,12H2,1-4H3,(H,17,20). The number of hydrogen-bond donors (Lipinski definition) is 1. The van der Waals surface area contributed by atoms with Gasteiger partial charge in [0.25, 0.3) is 0 Å². The Balaban J connectivity index is 1.79. The Labute approximate surface area is 132 Å². The molecule has 0 bridgehead atoms.